The number of benzene rings is 1. The van der Waals surface area contributed by atoms with E-state index in [1.165, 1.54) is 15.8 Å². The summed E-state index contributed by atoms with van der Waals surface area (Å²) in [6.07, 6.45) is 3.75. The van der Waals surface area contributed by atoms with E-state index in [2.05, 4.69) is 40.2 Å². The Bertz CT molecular complexity index is 959. The molecule has 0 spiro atoms. The molecule has 0 N–H and O–H groups in total. The van der Waals surface area contributed by atoms with E-state index in [1.54, 1.807) is 11.3 Å². The summed E-state index contributed by atoms with van der Waals surface area (Å²) in [5.41, 5.74) is 4.43. The summed E-state index contributed by atoms with van der Waals surface area (Å²) in [6, 6.07) is 12.3. The second-order valence-corrected chi connectivity index (χ2v) is 6.77. The maximum atomic E-state index is 5.77. The monoisotopic (exact) mass is 337 g/mol. The van der Waals surface area contributed by atoms with Gasteiger partial charge in [0.05, 0.1) is 28.5 Å². The molecule has 0 radical (unpaired) electrons. The Balaban J connectivity index is 1.41. The molecule has 4 nitrogen and oxygen atoms in total. The number of fused-ring (bicyclic) bond motifs is 3. The zero-order chi connectivity index (χ0) is 16.4. The first kappa shape index (κ1) is 15.3. The number of thiophene rings is 1. The minimum Gasteiger partial charge on any atom is -0.377 e. The number of ether oxygens (including phenoxy) is 1. The summed E-state index contributed by atoms with van der Waals surface area (Å²) in [5.74, 6) is 1.09. The number of rotatable bonds is 6. The Morgan fingerprint density at radius 3 is 2.88 bits per heavy atom. The van der Waals surface area contributed by atoms with Crippen molar-refractivity contribution in [2.75, 3.05) is 6.61 Å². The van der Waals surface area contributed by atoms with E-state index >= 15 is 0 Å². The van der Waals surface area contributed by atoms with Crippen LogP contribution in [-0.4, -0.2) is 21.1 Å². The fourth-order valence-electron chi connectivity index (χ4n) is 2.96. The van der Waals surface area contributed by atoms with Crippen LogP contribution in [0.3, 0.4) is 0 Å². The lowest BCUT2D eigenvalue weighted by Crippen LogP contribution is -2.02. The maximum Gasteiger partial charge on any atom is 0.109 e. The van der Waals surface area contributed by atoms with Crippen molar-refractivity contribution in [2.45, 2.75) is 19.4 Å². The van der Waals surface area contributed by atoms with Crippen LogP contribution in [0.4, 0.5) is 0 Å². The van der Waals surface area contributed by atoms with Crippen molar-refractivity contribution in [2.24, 2.45) is 7.05 Å². The molecule has 3 aromatic heterocycles. The molecule has 5 heteroatoms. The van der Waals surface area contributed by atoms with Crippen molar-refractivity contribution in [3.8, 4) is 0 Å². The Morgan fingerprint density at radius 2 is 2.00 bits per heavy atom. The van der Waals surface area contributed by atoms with Gasteiger partial charge in [0.2, 0.25) is 0 Å². The molecule has 0 aliphatic carbocycles. The first-order valence-corrected chi connectivity index (χ1v) is 9.00. The van der Waals surface area contributed by atoms with Crippen molar-refractivity contribution in [3.05, 3.63) is 59.4 Å². The van der Waals surface area contributed by atoms with Crippen LogP contribution >= 0.6 is 11.3 Å². The van der Waals surface area contributed by atoms with Crippen molar-refractivity contribution in [3.63, 3.8) is 0 Å². The van der Waals surface area contributed by atoms with Crippen molar-refractivity contribution < 1.29 is 4.74 Å². The molecule has 0 saturated heterocycles. The van der Waals surface area contributed by atoms with Crippen LogP contribution in [0.15, 0.2) is 48.0 Å². The summed E-state index contributed by atoms with van der Waals surface area (Å²) in [6.45, 7) is 1.41. The number of aryl methyl sites for hydroxylation is 2. The topological polar surface area (TPSA) is 39.9 Å². The van der Waals surface area contributed by atoms with Crippen LogP contribution in [0.25, 0.3) is 21.3 Å². The van der Waals surface area contributed by atoms with Gasteiger partial charge in [-0.15, -0.1) is 11.3 Å². The quantitative estimate of drug-likeness (QED) is 0.492. The van der Waals surface area contributed by atoms with Gasteiger partial charge < -0.3 is 9.30 Å². The molecule has 4 aromatic rings. The van der Waals surface area contributed by atoms with E-state index in [9.17, 15) is 0 Å². The molecule has 0 amide bonds. The molecule has 0 aliphatic heterocycles. The van der Waals surface area contributed by atoms with Crippen LogP contribution in [0.5, 0.6) is 0 Å². The zero-order valence-electron chi connectivity index (χ0n) is 13.6. The van der Waals surface area contributed by atoms with E-state index in [4.69, 9.17) is 9.72 Å². The van der Waals surface area contributed by atoms with Crippen LogP contribution in [0.2, 0.25) is 0 Å². The SMILES string of the molecule is Cn1c(CCCOCc2ccccc2)nc2cnc3ccsc3c21. The third kappa shape index (κ3) is 2.92. The van der Waals surface area contributed by atoms with Crippen LogP contribution in [-0.2, 0) is 24.8 Å². The zero-order valence-corrected chi connectivity index (χ0v) is 14.4. The van der Waals surface area contributed by atoms with Gasteiger partial charge in [0.1, 0.15) is 11.3 Å². The first-order valence-electron chi connectivity index (χ1n) is 8.12. The average Bonchev–Trinajstić information content (AvgIpc) is 3.20. The predicted molar refractivity (Wildman–Crippen MR) is 98.3 cm³/mol. The standard InChI is InChI=1S/C19H19N3OS/c1-22-17(8-5-10-23-13-14-6-3-2-4-7-14)21-16-12-20-15-9-11-24-19(15)18(16)22/h2-4,6-7,9,11-12H,5,8,10,13H2,1H3. The molecule has 122 valence electrons. The molecule has 0 saturated carbocycles. The molecule has 0 aliphatic rings. The van der Waals surface area contributed by atoms with Gasteiger partial charge in [-0.2, -0.15) is 0 Å². The third-order valence-corrected chi connectivity index (χ3v) is 5.11. The first-order chi connectivity index (χ1) is 11.8. The van der Waals surface area contributed by atoms with Gasteiger partial charge in [0.15, 0.2) is 0 Å². The molecule has 3 heterocycles. The van der Waals surface area contributed by atoms with Gasteiger partial charge in [-0.25, -0.2) is 4.98 Å². The summed E-state index contributed by atoms with van der Waals surface area (Å²) in [5, 5.41) is 2.08. The van der Waals surface area contributed by atoms with Gasteiger partial charge in [-0.1, -0.05) is 30.3 Å². The molecular weight excluding hydrogens is 318 g/mol. The Labute approximate surface area is 144 Å². The Hall–Kier alpha value is -2.24. The second-order valence-electron chi connectivity index (χ2n) is 5.86. The highest BCUT2D eigenvalue weighted by Gasteiger charge is 2.12. The van der Waals surface area contributed by atoms with Gasteiger partial charge in [-0.3, -0.25) is 4.98 Å². The largest absolute Gasteiger partial charge is 0.377 e. The molecule has 0 unspecified atom stereocenters. The molecule has 0 fully saturated rings. The average molecular weight is 337 g/mol. The minimum absolute atomic E-state index is 0.670. The van der Waals surface area contributed by atoms with Gasteiger partial charge in [0.25, 0.3) is 0 Å². The van der Waals surface area contributed by atoms with Crippen LogP contribution in [0.1, 0.15) is 17.8 Å². The van der Waals surface area contributed by atoms with Crippen molar-refractivity contribution in [1.29, 1.82) is 0 Å². The van der Waals surface area contributed by atoms with E-state index in [1.807, 2.05) is 24.4 Å². The predicted octanol–water partition coefficient (Wildman–Crippen LogP) is 4.33. The summed E-state index contributed by atoms with van der Waals surface area (Å²) < 4.78 is 9.18. The maximum absolute atomic E-state index is 5.77. The Kier molecular flexibility index (Phi) is 4.28. The van der Waals surface area contributed by atoms with E-state index < -0.39 is 0 Å². The van der Waals surface area contributed by atoms with Gasteiger partial charge in [-0.05, 0) is 23.4 Å². The fourth-order valence-corrected chi connectivity index (χ4v) is 3.89. The third-order valence-electron chi connectivity index (χ3n) is 4.20. The highest BCUT2D eigenvalue weighted by Crippen LogP contribution is 2.28. The lowest BCUT2D eigenvalue weighted by molar-refractivity contribution is 0.118. The molecule has 0 bridgehead atoms. The van der Waals surface area contributed by atoms with Crippen LogP contribution in [0, 0.1) is 0 Å². The normalized spacial score (nSPS) is 11.5. The number of imidazole rings is 1. The second kappa shape index (κ2) is 6.71. The highest BCUT2D eigenvalue weighted by atomic mass is 32.1. The van der Waals surface area contributed by atoms with Crippen molar-refractivity contribution in [1.82, 2.24) is 14.5 Å². The summed E-state index contributed by atoms with van der Waals surface area (Å²) >= 11 is 1.73. The lowest BCUT2D eigenvalue weighted by atomic mass is 10.2. The molecule has 4 rings (SSSR count). The molecule has 1 aromatic carbocycles. The summed E-state index contributed by atoms with van der Waals surface area (Å²) in [4.78, 5) is 9.23. The van der Waals surface area contributed by atoms with Gasteiger partial charge in [0, 0.05) is 20.1 Å². The molecule has 0 atom stereocenters. The smallest absolute Gasteiger partial charge is 0.109 e. The molecule has 24 heavy (non-hydrogen) atoms. The van der Waals surface area contributed by atoms with Crippen molar-refractivity contribution >= 4 is 32.6 Å². The molecular formula is C19H19N3OS. The van der Waals surface area contributed by atoms with E-state index in [0.717, 1.165) is 36.3 Å². The fraction of sp³-hybridized carbons (Fsp3) is 0.263. The Morgan fingerprint density at radius 1 is 1.12 bits per heavy atom. The van der Waals surface area contributed by atoms with Crippen LogP contribution < -0.4 is 0 Å². The number of hydrogen-bond acceptors (Lipinski definition) is 4. The lowest BCUT2D eigenvalue weighted by Gasteiger charge is -2.05. The summed E-state index contributed by atoms with van der Waals surface area (Å²) in [7, 11) is 2.09. The number of hydrogen-bond donors (Lipinski definition) is 0. The highest BCUT2D eigenvalue weighted by molar-refractivity contribution is 7.18. The number of aromatic nitrogens is 3. The minimum atomic E-state index is 0.670. The number of pyridine rings is 1. The number of nitrogens with zero attached hydrogens (tertiary/aromatic N) is 3. The van der Waals surface area contributed by atoms with Gasteiger partial charge >= 0.3 is 0 Å². The van der Waals surface area contributed by atoms with E-state index in [-0.39, 0.29) is 0 Å². The van der Waals surface area contributed by atoms with E-state index in [0.29, 0.717) is 6.61 Å².